The summed E-state index contributed by atoms with van der Waals surface area (Å²) in [6.07, 6.45) is 2.73. The molecular formula is C16H21N5O2. The van der Waals surface area contributed by atoms with Crippen molar-refractivity contribution in [1.82, 2.24) is 14.9 Å². The number of anilines is 1. The zero-order valence-electron chi connectivity index (χ0n) is 13.5. The van der Waals surface area contributed by atoms with Crippen molar-refractivity contribution in [2.45, 2.75) is 38.3 Å². The number of amides is 1. The summed E-state index contributed by atoms with van der Waals surface area (Å²) in [6, 6.07) is 3.38. The van der Waals surface area contributed by atoms with Crippen LogP contribution in [0.15, 0.2) is 6.07 Å². The molecule has 2 atom stereocenters. The van der Waals surface area contributed by atoms with E-state index in [9.17, 15) is 4.79 Å². The van der Waals surface area contributed by atoms with Gasteiger partial charge in [0.1, 0.15) is 17.8 Å². The molecule has 0 saturated carbocycles. The van der Waals surface area contributed by atoms with Gasteiger partial charge in [-0.2, -0.15) is 5.26 Å². The van der Waals surface area contributed by atoms with Gasteiger partial charge in [-0.1, -0.05) is 0 Å². The minimum Gasteiger partial charge on any atom is -0.380 e. The van der Waals surface area contributed by atoms with Crippen molar-refractivity contribution in [3.63, 3.8) is 0 Å². The fourth-order valence-corrected chi connectivity index (χ4v) is 3.31. The lowest BCUT2D eigenvalue weighted by atomic mass is 10.1. The molecule has 2 fully saturated rings. The van der Waals surface area contributed by atoms with Crippen LogP contribution in [0.1, 0.15) is 30.7 Å². The molecule has 0 spiro atoms. The first-order valence-electron chi connectivity index (χ1n) is 7.96. The predicted octanol–water partition coefficient (Wildman–Crippen LogP) is 0.873. The molecule has 3 heterocycles. The Morgan fingerprint density at radius 3 is 2.78 bits per heavy atom. The number of hydrogen-bond donors (Lipinski definition) is 0. The van der Waals surface area contributed by atoms with Crippen LogP contribution in [0.25, 0.3) is 0 Å². The van der Waals surface area contributed by atoms with E-state index in [1.807, 2.05) is 16.7 Å². The molecule has 2 aliphatic rings. The largest absolute Gasteiger partial charge is 0.380 e. The molecule has 0 unspecified atom stereocenters. The van der Waals surface area contributed by atoms with Gasteiger partial charge in [0.25, 0.3) is 0 Å². The number of ether oxygens (including phenoxy) is 1. The molecule has 0 bridgehead atoms. The Morgan fingerprint density at radius 2 is 2.13 bits per heavy atom. The van der Waals surface area contributed by atoms with Crippen LogP contribution >= 0.6 is 0 Å². The lowest BCUT2D eigenvalue weighted by Crippen LogP contribution is -2.45. The van der Waals surface area contributed by atoms with Crippen molar-refractivity contribution >= 4 is 11.9 Å². The van der Waals surface area contributed by atoms with Crippen molar-refractivity contribution < 1.29 is 9.53 Å². The maximum atomic E-state index is 12.8. The summed E-state index contributed by atoms with van der Waals surface area (Å²) in [6.45, 7) is 4.03. The third-order valence-electron chi connectivity index (χ3n) is 4.51. The SMILES string of the molecule is CO[C@H]1C[C@@H](C(=O)N2CCCC2)N(c2nc(C)cc(C#N)n2)C1. The Morgan fingerprint density at radius 1 is 1.39 bits per heavy atom. The molecule has 2 aliphatic heterocycles. The van der Waals surface area contributed by atoms with E-state index in [-0.39, 0.29) is 18.1 Å². The molecule has 1 aromatic heterocycles. The molecule has 1 amide bonds. The van der Waals surface area contributed by atoms with Crippen LogP contribution in [-0.4, -0.2) is 59.7 Å². The lowest BCUT2D eigenvalue weighted by molar-refractivity contribution is -0.131. The maximum Gasteiger partial charge on any atom is 0.245 e. The standard InChI is InChI=1S/C16H21N5O2/c1-11-7-12(9-17)19-16(18-11)21-10-13(23-2)8-14(21)15(22)20-5-3-4-6-20/h7,13-14H,3-6,8,10H2,1-2H3/t13-,14-/m0/s1. The van der Waals surface area contributed by atoms with E-state index < -0.39 is 0 Å². The van der Waals surface area contributed by atoms with Gasteiger partial charge >= 0.3 is 0 Å². The second-order valence-electron chi connectivity index (χ2n) is 6.10. The third kappa shape index (κ3) is 3.13. The summed E-state index contributed by atoms with van der Waals surface area (Å²) >= 11 is 0. The Balaban J connectivity index is 1.89. The summed E-state index contributed by atoms with van der Waals surface area (Å²) in [5.41, 5.74) is 1.04. The van der Waals surface area contributed by atoms with Crippen LogP contribution in [0.4, 0.5) is 5.95 Å². The van der Waals surface area contributed by atoms with Gasteiger partial charge in [-0.05, 0) is 25.8 Å². The molecule has 0 N–H and O–H groups in total. The summed E-state index contributed by atoms with van der Waals surface area (Å²) in [5.74, 6) is 0.560. The van der Waals surface area contributed by atoms with Crippen molar-refractivity contribution in [2.75, 3.05) is 31.6 Å². The Bertz CT molecular complexity index is 636. The van der Waals surface area contributed by atoms with Gasteiger partial charge in [0.2, 0.25) is 11.9 Å². The second-order valence-corrected chi connectivity index (χ2v) is 6.10. The van der Waals surface area contributed by atoms with Crippen LogP contribution in [0.2, 0.25) is 0 Å². The summed E-state index contributed by atoms with van der Waals surface area (Å²) in [7, 11) is 1.66. The van der Waals surface area contributed by atoms with Gasteiger partial charge in [0.05, 0.1) is 6.10 Å². The Kier molecular flexibility index (Phi) is 4.44. The third-order valence-corrected chi connectivity index (χ3v) is 4.51. The molecule has 0 radical (unpaired) electrons. The molecule has 122 valence electrons. The normalized spacial score (nSPS) is 24.0. The molecule has 7 heteroatoms. The summed E-state index contributed by atoms with van der Waals surface area (Å²) in [4.78, 5) is 25.4. The van der Waals surface area contributed by atoms with E-state index in [1.165, 1.54) is 0 Å². The molecule has 1 aromatic rings. The number of rotatable bonds is 3. The summed E-state index contributed by atoms with van der Waals surface area (Å²) < 4.78 is 5.46. The van der Waals surface area contributed by atoms with Gasteiger partial charge in [-0.15, -0.1) is 0 Å². The Hall–Kier alpha value is -2.20. The highest BCUT2D eigenvalue weighted by Crippen LogP contribution is 2.27. The highest BCUT2D eigenvalue weighted by atomic mass is 16.5. The smallest absolute Gasteiger partial charge is 0.245 e. The molecular weight excluding hydrogens is 294 g/mol. The number of aryl methyl sites for hydroxylation is 1. The maximum absolute atomic E-state index is 12.8. The zero-order valence-corrected chi connectivity index (χ0v) is 13.5. The molecule has 2 saturated heterocycles. The van der Waals surface area contributed by atoms with E-state index in [0.717, 1.165) is 31.6 Å². The van der Waals surface area contributed by atoms with E-state index >= 15 is 0 Å². The van der Waals surface area contributed by atoms with Gasteiger partial charge in [0.15, 0.2) is 0 Å². The van der Waals surface area contributed by atoms with Crippen LogP contribution in [0, 0.1) is 18.3 Å². The summed E-state index contributed by atoms with van der Waals surface area (Å²) in [5, 5.41) is 9.12. The van der Waals surface area contributed by atoms with E-state index in [0.29, 0.717) is 24.6 Å². The average molecular weight is 315 g/mol. The van der Waals surface area contributed by atoms with Gasteiger partial charge in [-0.3, -0.25) is 4.79 Å². The van der Waals surface area contributed by atoms with Gasteiger partial charge in [0, 0.05) is 38.9 Å². The second kappa shape index (κ2) is 6.50. The molecule has 7 nitrogen and oxygen atoms in total. The number of hydrogen-bond acceptors (Lipinski definition) is 6. The predicted molar refractivity (Wildman–Crippen MR) is 83.8 cm³/mol. The molecule has 3 rings (SSSR count). The van der Waals surface area contributed by atoms with Crippen LogP contribution < -0.4 is 4.90 Å². The van der Waals surface area contributed by atoms with Gasteiger partial charge in [-0.25, -0.2) is 9.97 Å². The minimum absolute atomic E-state index is 0.0267. The topological polar surface area (TPSA) is 82.4 Å². The molecule has 23 heavy (non-hydrogen) atoms. The number of aromatic nitrogens is 2. The van der Waals surface area contributed by atoms with Crippen molar-refractivity contribution in [3.8, 4) is 6.07 Å². The van der Waals surface area contributed by atoms with E-state index in [2.05, 4.69) is 16.0 Å². The lowest BCUT2D eigenvalue weighted by Gasteiger charge is -2.27. The van der Waals surface area contributed by atoms with Crippen LogP contribution in [0.3, 0.4) is 0 Å². The Labute approximate surface area is 135 Å². The molecule has 0 aromatic carbocycles. The minimum atomic E-state index is -0.314. The first kappa shape index (κ1) is 15.7. The van der Waals surface area contributed by atoms with Crippen molar-refractivity contribution in [1.29, 1.82) is 5.26 Å². The van der Waals surface area contributed by atoms with E-state index in [4.69, 9.17) is 10.00 Å². The number of carbonyl (C=O) groups is 1. The van der Waals surface area contributed by atoms with E-state index in [1.54, 1.807) is 13.2 Å². The number of carbonyl (C=O) groups excluding carboxylic acids is 1. The zero-order chi connectivity index (χ0) is 16.4. The van der Waals surface area contributed by atoms with Crippen LogP contribution in [0.5, 0.6) is 0 Å². The highest BCUT2D eigenvalue weighted by Gasteiger charge is 2.41. The quantitative estimate of drug-likeness (QED) is 0.823. The number of nitrogens with zero attached hydrogens (tertiary/aromatic N) is 5. The van der Waals surface area contributed by atoms with Crippen molar-refractivity contribution in [2.24, 2.45) is 0 Å². The first-order valence-corrected chi connectivity index (χ1v) is 7.96. The fourth-order valence-electron chi connectivity index (χ4n) is 3.31. The highest BCUT2D eigenvalue weighted by molar-refractivity contribution is 5.85. The fraction of sp³-hybridized carbons (Fsp3) is 0.625. The number of likely N-dealkylation sites (tertiary alicyclic amines) is 1. The van der Waals surface area contributed by atoms with Crippen LogP contribution in [-0.2, 0) is 9.53 Å². The van der Waals surface area contributed by atoms with Crippen molar-refractivity contribution in [3.05, 3.63) is 17.5 Å². The number of methoxy groups -OCH3 is 1. The average Bonchev–Trinajstić information content (AvgIpc) is 3.23. The van der Waals surface area contributed by atoms with Gasteiger partial charge < -0.3 is 14.5 Å². The first-order chi connectivity index (χ1) is 11.1. The number of nitriles is 1. The molecule has 0 aliphatic carbocycles. The monoisotopic (exact) mass is 315 g/mol.